The predicted octanol–water partition coefficient (Wildman–Crippen LogP) is 5.49. The van der Waals surface area contributed by atoms with Gasteiger partial charge in [-0.2, -0.15) is 0 Å². The van der Waals surface area contributed by atoms with Crippen LogP contribution in [-0.2, 0) is 22.7 Å². The number of benzene rings is 3. The second-order valence-corrected chi connectivity index (χ2v) is 8.84. The highest BCUT2D eigenvalue weighted by atomic mass is 16.5. The molecule has 1 aliphatic heterocycles. The molecule has 1 aromatic heterocycles. The van der Waals surface area contributed by atoms with Gasteiger partial charge in [0.25, 0.3) is 11.7 Å². The summed E-state index contributed by atoms with van der Waals surface area (Å²) in [5, 5.41) is 21.0. The molecule has 37 heavy (non-hydrogen) atoms. The smallest absolute Gasteiger partial charge is 0.296 e. The maximum Gasteiger partial charge on any atom is 0.296 e. The Hall–Kier alpha value is -4.78. The molecule has 0 bridgehead atoms. The van der Waals surface area contributed by atoms with Gasteiger partial charge >= 0.3 is 0 Å². The van der Waals surface area contributed by atoms with Gasteiger partial charge in [-0.1, -0.05) is 36.4 Å². The summed E-state index contributed by atoms with van der Waals surface area (Å²) in [6.45, 7) is 2.47. The molecule has 7 nitrogen and oxygen atoms in total. The van der Waals surface area contributed by atoms with Crippen molar-refractivity contribution < 1.29 is 29.0 Å². The van der Waals surface area contributed by atoms with E-state index in [-0.39, 0.29) is 23.6 Å². The van der Waals surface area contributed by atoms with E-state index in [1.165, 1.54) is 23.3 Å². The summed E-state index contributed by atoms with van der Waals surface area (Å²) in [6, 6.07) is 23.4. The highest BCUT2D eigenvalue weighted by Gasteiger charge is 2.46. The number of carbonyl (C=O) groups is 2. The average Bonchev–Trinajstić information content (AvgIpc) is 3.51. The molecule has 4 aromatic rings. The van der Waals surface area contributed by atoms with Crippen LogP contribution in [0.5, 0.6) is 11.5 Å². The Bertz CT molecular complexity index is 1450. The summed E-state index contributed by atoms with van der Waals surface area (Å²) in [7, 11) is 0. The van der Waals surface area contributed by atoms with E-state index in [0.717, 1.165) is 11.1 Å². The summed E-state index contributed by atoms with van der Waals surface area (Å²) in [6.07, 6.45) is 1.49. The number of aliphatic hydroxyl groups excluding tert-OH is 1. The van der Waals surface area contributed by atoms with Gasteiger partial charge in [-0.25, -0.2) is 0 Å². The van der Waals surface area contributed by atoms with Gasteiger partial charge in [0, 0.05) is 5.56 Å². The number of ketones is 1. The van der Waals surface area contributed by atoms with E-state index >= 15 is 0 Å². The lowest BCUT2D eigenvalue weighted by Gasteiger charge is -2.24. The number of hydrogen-bond donors (Lipinski definition) is 2. The van der Waals surface area contributed by atoms with E-state index in [4.69, 9.17) is 9.15 Å². The van der Waals surface area contributed by atoms with E-state index in [2.05, 4.69) is 0 Å². The van der Waals surface area contributed by atoms with Crippen LogP contribution in [0.3, 0.4) is 0 Å². The zero-order valence-electron chi connectivity index (χ0n) is 20.1. The summed E-state index contributed by atoms with van der Waals surface area (Å²) in [5.41, 5.74) is 3.12. The minimum atomic E-state index is -0.859. The molecule has 3 aromatic carbocycles. The maximum atomic E-state index is 13.2. The second kappa shape index (κ2) is 10.1. The van der Waals surface area contributed by atoms with Gasteiger partial charge in [0.15, 0.2) is 0 Å². The molecule has 7 heteroatoms. The van der Waals surface area contributed by atoms with E-state index in [9.17, 15) is 19.8 Å². The number of likely N-dealkylation sites (tertiary alicyclic amines) is 1. The highest BCUT2D eigenvalue weighted by molar-refractivity contribution is 6.46. The largest absolute Gasteiger partial charge is 0.508 e. The van der Waals surface area contributed by atoms with Gasteiger partial charge in [-0.05, 0) is 72.1 Å². The van der Waals surface area contributed by atoms with Crippen molar-refractivity contribution in [3.63, 3.8) is 0 Å². The normalized spacial score (nSPS) is 16.8. The number of aliphatic hydroxyl groups is 1. The summed E-state index contributed by atoms with van der Waals surface area (Å²) in [5.74, 6) is -0.665. The van der Waals surface area contributed by atoms with Crippen LogP contribution in [0, 0.1) is 6.92 Å². The van der Waals surface area contributed by atoms with Crippen molar-refractivity contribution in [2.75, 3.05) is 0 Å². The number of ether oxygens (including phenoxy) is 1. The number of phenols is 1. The monoisotopic (exact) mass is 495 g/mol. The van der Waals surface area contributed by atoms with Crippen LogP contribution in [-0.4, -0.2) is 26.8 Å². The fraction of sp³-hybridized carbons (Fsp3) is 0.133. The van der Waals surface area contributed by atoms with Gasteiger partial charge < -0.3 is 24.3 Å². The fourth-order valence-electron chi connectivity index (χ4n) is 4.41. The molecule has 1 amide bonds. The Balaban J connectivity index is 1.47. The lowest BCUT2D eigenvalue weighted by Crippen LogP contribution is -2.29. The Kier molecular flexibility index (Phi) is 6.51. The molecule has 186 valence electrons. The average molecular weight is 496 g/mol. The van der Waals surface area contributed by atoms with E-state index in [1.54, 1.807) is 48.5 Å². The van der Waals surface area contributed by atoms with Crippen LogP contribution in [0.15, 0.2) is 101 Å². The molecule has 1 aliphatic rings. The Labute approximate surface area is 213 Å². The molecule has 1 unspecified atom stereocenters. The van der Waals surface area contributed by atoms with Crippen molar-refractivity contribution in [2.45, 2.75) is 26.1 Å². The van der Waals surface area contributed by atoms with Crippen LogP contribution in [0.2, 0.25) is 0 Å². The summed E-state index contributed by atoms with van der Waals surface area (Å²) >= 11 is 0. The van der Waals surface area contributed by atoms with Crippen molar-refractivity contribution >= 4 is 17.4 Å². The van der Waals surface area contributed by atoms with E-state index < -0.39 is 17.7 Å². The van der Waals surface area contributed by atoms with Crippen LogP contribution < -0.4 is 4.74 Å². The van der Waals surface area contributed by atoms with Gasteiger partial charge in [0.2, 0.25) is 0 Å². The number of aromatic hydroxyl groups is 1. The lowest BCUT2D eigenvalue weighted by molar-refractivity contribution is -0.140. The number of carbonyl (C=O) groups excluding carboxylic acids is 2. The zero-order chi connectivity index (χ0) is 25.9. The quantitative estimate of drug-likeness (QED) is 0.200. The Morgan fingerprint density at radius 2 is 1.68 bits per heavy atom. The van der Waals surface area contributed by atoms with Gasteiger partial charge in [0.1, 0.15) is 29.6 Å². The molecular weight excluding hydrogens is 470 g/mol. The third-order valence-corrected chi connectivity index (χ3v) is 6.44. The SMILES string of the molecule is Cc1ccccc1COc1ccc(/C(O)=C2/C(=O)C(=O)N(Cc3ccco3)C2c2ccc(O)cc2)cc1. The number of Topliss-reactive ketones (excluding diaryl/α,β-unsaturated/α-hetero) is 1. The molecule has 5 rings (SSSR count). The second-order valence-electron chi connectivity index (χ2n) is 8.84. The van der Waals surface area contributed by atoms with Gasteiger partial charge in [0.05, 0.1) is 24.4 Å². The number of hydrogen-bond acceptors (Lipinski definition) is 6. The zero-order valence-corrected chi connectivity index (χ0v) is 20.1. The van der Waals surface area contributed by atoms with Crippen LogP contribution >= 0.6 is 0 Å². The Morgan fingerprint density at radius 3 is 2.35 bits per heavy atom. The maximum absolute atomic E-state index is 13.2. The third kappa shape index (κ3) is 4.84. The number of aryl methyl sites for hydroxylation is 1. The molecule has 0 spiro atoms. The van der Waals surface area contributed by atoms with Crippen LogP contribution in [0.1, 0.15) is 34.1 Å². The van der Waals surface area contributed by atoms with Gasteiger partial charge in [-0.3, -0.25) is 9.59 Å². The van der Waals surface area contributed by atoms with Crippen molar-refractivity contribution in [2.24, 2.45) is 0 Å². The minimum absolute atomic E-state index is 0.0316. The highest BCUT2D eigenvalue weighted by Crippen LogP contribution is 2.40. The number of rotatable bonds is 7. The molecule has 1 atom stereocenters. The molecule has 1 saturated heterocycles. The number of phenolic OH excluding ortho intramolecular Hbond substituents is 1. The molecule has 0 radical (unpaired) electrons. The first-order valence-corrected chi connectivity index (χ1v) is 11.8. The first-order chi connectivity index (χ1) is 17.9. The fourth-order valence-corrected chi connectivity index (χ4v) is 4.41. The molecular formula is C30H25NO6. The third-order valence-electron chi connectivity index (χ3n) is 6.44. The minimum Gasteiger partial charge on any atom is -0.508 e. The van der Waals surface area contributed by atoms with Crippen molar-refractivity contribution in [3.8, 4) is 11.5 Å². The van der Waals surface area contributed by atoms with Crippen LogP contribution in [0.4, 0.5) is 0 Å². The molecule has 0 saturated carbocycles. The molecule has 2 heterocycles. The Morgan fingerprint density at radius 1 is 0.946 bits per heavy atom. The van der Waals surface area contributed by atoms with Crippen molar-refractivity contribution in [3.05, 3.63) is 125 Å². The number of nitrogens with zero attached hydrogens (tertiary/aromatic N) is 1. The van der Waals surface area contributed by atoms with Crippen molar-refractivity contribution in [1.29, 1.82) is 0 Å². The molecule has 0 aliphatic carbocycles. The standard InChI is InChI=1S/C30H25NO6/c1-19-5-2-3-6-22(19)18-37-24-14-10-21(11-15-24)28(33)26-27(20-8-12-23(32)13-9-20)31(30(35)29(26)34)17-25-7-4-16-36-25/h2-16,27,32-33H,17-18H2,1H3/b28-26-. The van der Waals surface area contributed by atoms with E-state index in [0.29, 0.717) is 29.2 Å². The number of furan rings is 1. The topological polar surface area (TPSA) is 100 Å². The number of amides is 1. The predicted molar refractivity (Wildman–Crippen MR) is 137 cm³/mol. The molecule has 2 N–H and O–H groups in total. The summed E-state index contributed by atoms with van der Waals surface area (Å²) in [4.78, 5) is 27.6. The summed E-state index contributed by atoms with van der Waals surface area (Å²) < 4.78 is 11.3. The van der Waals surface area contributed by atoms with Gasteiger partial charge in [-0.15, -0.1) is 0 Å². The van der Waals surface area contributed by atoms with E-state index in [1.807, 2.05) is 31.2 Å². The molecule has 1 fully saturated rings. The first kappa shape index (κ1) is 23.9. The first-order valence-electron chi connectivity index (χ1n) is 11.8. The van der Waals surface area contributed by atoms with Crippen LogP contribution in [0.25, 0.3) is 5.76 Å². The lowest BCUT2D eigenvalue weighted by atomic mass is 9.95. The van der Waals surface area contributed by atoms with Crippen molar-refractivity contribution in [1.82, 2.24) is 4.90 Å².